The summed E-state index contributed by atoms with van der Waals surface area (Å²) in [6.45, 7) is -1.07. The summed E-state index contributed by atoms with van der Waals surface area (Å²) in [6.07, 6.45) is -12.2. The highest BCUT2D eigenvalue weighted by Gasteiger charge is 2.45. The van der Waals surface area contributed by atoms with Crippen molar-refractivity contribution in [2.45, 2.75) is 92.9 Å². The summed E-state index contributed by atoms with van der Waals surface area (Å²) in [5.41, 5.74) is 22.6. The van der Waals surface area contributed by atoms with E-state index in [1.807, 2.05) is 0 Å². The predicted octanol–water partition coefficient (Wildman–Crippen LogP) is -4.84. The van der Waals surface area contributed by atoms with Gasteiger partial charge in [0.1, 0.15) is 48.7 Å². The Bertz CT molecular complexity index is 793. The summed E-state index contributed by atoms with van der Waals surface area (Å²) in [7, 11) is 1.37. The van der Waals surface area contributed by atoms with E-state index in [0.717, 1.165) is 0 Å². The molecular formula is C21H40FN5O10. The van der Waals surface area contributed by atoms with Crippen molar-refractivity contribution in [1.82, 2.24) is 5.32 Å². The van der Waals surface area contributed by atoms with Crippen LogP contribution in [-0.2, 0) is 14.2 Å². The second-order valence-electron chi connectivity index (χ2n) is 9.10. The maximum Gasteiger partial charge on any atom is 0.202 e. The SMILES string of the molecule is CN/C(=C(/O)CC/C=C(/N)[C@H](O)O[C@@H]1C(N)C[C@@H](N)C(O)C1O)C(O)O[C@H]1OC(CF)[C@@H](N)C(O)C1O. The maximum absolute atomic E-state index is 13.1. The molecule has 0 aromatic carbocycles. The van der Waals surface area contributed by atoms with Gasteiger partial charge in [-0.25, -0.2) is 4.39 Å². The molecule has 2 fully saturated rings. The molecule has 2 aliphatic rings. The Hall–Kier alpha value is -1.67. The van der Waals surface area contributed by atoms with E-state index in [2.05, 4.69) is 5.32 Å². The Morgan fingerprint density at radius 1 is 1.03 bits per heavy atom. The van der Waals surface area contributed by atoms with Crippen molar-refractivity contribution in [2.75, 3.05) is 13.7 Å². The number of nitrogens with one attached hydrogen (secondary N) is 1. The van der Waals surface area contributed by atoms with Gasteiger partial charge in [0, 0.05) is 25.6 Å². The Balaban J connectivity index is 1.96. The van der Waals surface area contributed by atoms with E-state index in [-0.39, 0.29) is 36.4 Å². The third-order valence-electron chi connectivity index (χ3n) is 6.43. The zero-order chi connectivity index (χ0) is 28.0. The molecule has 0 aromatic rings. The minimum Gasteiger partial charge on any atom is -0.510 e. The standard InChI is InChI=1S/C21H40FN5O10/c1-27-13(20(34)37-21-17(32)15(30)12(26)11(6-22)35-21)10(28)4-2-3-7(23)19(33)36-18-9(25)5-8(24)14(29)16(18)31/h3,8-9,11-12,14-21,27-34H,2,4-6,23-26H2,1H3/b7-3+,13-10+/t8-,9?,11?,12-,14?,15?,16?,17?,18-,19-,20?,21-/m1/s1. The second-order valence-corrected chi connectivity index (χ2v) is 9.10. The highest BCUT2D eigenvalue weighted by Crippen LogP contribution is 2.25. The van der Waals surface area contributed by atoms with Crippen LogP contribution in [0.5, 0.6) is 0 Å². The molecule has 1 aliphatic heterocycles. The van der Waals surface area contributed by atoms with Crippen LogP contribution in [0.25, 0.3) is 0 Å². The summed E-state index contributed by atoms with van der Waals surface area (Å²) in [5, 5.41) is 73.6. The van der Waals surface area contributed by atoms with Crippen LogP contribution in [0.1, 0.15) is 19.3 Å². The number of hydrogen-bond acceptors (Lipinski definition) is 15. The number of alkyl halides is 1. The number of rotatable bonds is 11. The zero-order valence-electron chi connectivity index (χ0n) is 20.4. The van der Waals surface area contributed by atoms with Crippen LogP contribution < -0.4 is 28.3 Å². The quantitative estimate of drug-likeness (QED) is 0.0862. The van der Waals surface area contributed by atoms with Gasteiger partial charge in [0.2, 0.25) is 6.29 Å². The average Bonchev–Trinajstić information content (AvgIpc) is 2.85. The van der Waals surface area contributed by atoms with Crippen LogP contribution in [0.2, 0.25) is 0 Å². The summed E-state index contributed by atoms with van der Waals surface area (Å²) in [6, 6.07) is -2.71. The Morgan fingerprint density at radius 3 is 2.27 bits per heavy atom. The fraction of sp³-hybridized carbons (Fsp3) is 0.810. The average molecular weight is 542 g/mol. The van der Waals surface area contributed by atoms with Crippen molar-refractivity contribution >= 4 is 0 Å². The van der Waals surface area contributed by atoms with Gasteiger partial charge in [-0.2, -0.15) is 0 Å². The van der Waals surface area contributed by atoms with E-state index in [1.165, 1.54) is 13.1 Å². The number of allylic oxidation sites excluding steroid dienone is 2. The maximum atomic E-state index is 13.1. The number of hydrogen-bond donors (Lipinski definition) is 12. The fourth-order valence-corrected chi connectivity index (χ4v) is 4.12. The molecule has 1 heterocycles. The summed E-state index contributed by atoms with van der Waals surface area (Å²) < 4.78 is 28.8. The van der Waals surface area contributed by atoms with Crippen molar-refractivity contribution in [3.05, 3.63) is 23.2 Å². The monoisotopic (exact) mass is 541 g/mol. The van der Waals surface area contributed by atoms with Gasteiger partial charge < -0.3 is 78.2 Å². The molecule has 1 aliphatic carbocycles. The number of aliphatic hydroxyl groups excluding tert-OH is 7. The van der Waals surface area contributed by atoms with Crippen LogP contribution in [0.4, 0.5) is 4.39 Å². The molecule has 0 bridgehead atoms. The summed E-state index contributed by atoms with van der Waals surface area (Å²) in [4.78, 5) is 0. The molecule has 216 valence electrons. The van der Waals surface area contributed by atoms with E-state index in [1.54, 1.807) is 0 Å². The first-order chi connectivity index (χ1) is 17.3. The Labute approximate surface area is 213 Å². The van der Waals surface area contributed by atoms with E-state index in [4.69, 9.17) is 37.1 Å². The van der Waals surface area contributed by atoms with Gasteiger partial charge in [0.15, 0.2) is 12.6 Å². The molecule has 7 unspecified atom stereocenters. The van der Waals surface area contributed by atoms with Crippen molar-refractivity contribution in [1.29, 1.82) is 0 Å². The highest BCUT2D eigenvalue weighted by molar-refractivity contribution is 5.10. The largest absolute Gasteiger partial charge is 0.510 e. The lowest BCUT2D eigenvalue weighted by atomic mass is 9.85. The molecule has 12 atom stereocenters. The molecule has 0 amide bonds. The molecule has 0 spiro atoms. The first-order valence-electron chi connectivity index (χ1n) is 11.8. The van der Waals surface area contributed by atoms with Gasteiger partial charge in [0.05, 0.1) is 17.8 Å². The van der Waals surface area contributed by atoms with Gasteiger partial charge in [-0.3, -0.25) is 0 Å². The number of halogens is 1. The van der Waals surface area contributed by atoms with E-state index >= 15 is 0 Å². The molecule has 0 aromatic heterocycles. The molecule has 1 saturated heterocycles. The topological polar surface area (TPSA) is 285 Å². The first-order valence-corrected chi connectivity index (χ1v) is 11.8. The van der Waals surface area contributed by atoms with E-state index in [0.29, 0.717) is 0 Å². The molecule has 37 heavy (non-hydrogen) atoms. The fourth-order valence-electron chi connectivity index (χ4n) is 4.12. The Morgan fingerprint density at radius 2 is 1.68 bits per heavy atom. The van der Waals surface area contributed by atoms with Gasteiger partial charge in [-0.15, -0.1) is 0 Å². The van der Waals surface area contributed by atoms with Crippen LogP contribution in [-0.4, -0.2) is 123 Å². The third kappa shape index (κ3) is 7.69. The third-order valence-corrected chi connectivity index (χ3v) is 6.43. The van der Waals surface area contributed by atoms with Gasteiger partial charge >= 0.3 is 0 Å². The minimum absolute atomic E-state index is 0.0445. The van der Waals surface area contributed by atoms with Crippen molar-refractivity contribution in [2.24, 2.45) is 22.9 Å². The molecule has 15 nitrogen and oxygen atoms in total. The molecule has 16 N–H and O–H groups in total. The lowest BCUT2D eigenvalue weighted by Gasteiger charge is -2.40. The number of aliphatic hydroxyl groups is 7. The normalized spacial score (nSPS) is 39.6. The van der Waals surface area contributed by atoms with Crippen LogP contribution in [0, 0.1) is 0 Å². The van der Waals surface area contributed by atoms with Gasteiger partial charge in [0.25, 0.3) is 0 Å². The number of likely N-dealkylation sites (N-methyl/N-ethyl adjacent to an activating group) is 1. The van der Waals surface area contributed by atoms with Crippen molar-refractivity contribution in [3.63, 3.8) is 0 Å². The minimum atomic E-state index is -1.87. The predicted molar refractivity (Wildman–Crippen MR) is 125 cm³/mol. The van der Waals surface area contributed by atoms with Gasteiger partial charge in [-0.1, -0.05) is 6.08 Å². The van der Waals surface area contributed by atoms with Crippen molar-refractivity contribution < 1.29 is 54.3 Å². The summed E-state index contributed by atoms with van der Waals surface area (Å²) in [5.74, 6) is -0.388. The lowest BCUT2D eigenvalue weighted by molar-refractivity contribution is -0.306. The molecule has 16 heteroatoms. The first kappa shape index (κ1) is 31.5. The molecule has 1 saturated carbocycles. The molecular weight excluding hydrogens is 501 g/mol. The summed E-state index contributed by atoms with van der Waals surface area (Å²) >= 11 is 0. The highest BCUT2D eigenvalue weighted by atomic mass is 19.1. The zero-order valence-corrected chi connectivity index (χ0v) is 20.4. The van der Waals surface area contributed by atoms with Gasteiger partial charge in [-0.05, 0) is 12.8 Å². The number of nitrogens with two attached hydrogens (primary N) is 4. The van der Waals surface area contributed by atoms with Crippen LogP contribution >= 0.6 is 0 Å². The van der Waals surface area contributed by atoms with Crippen LogP contribution in [0.3, 0.4) is 0 Å². The van der Waals surface area contributed by atoms with E-state index in [9.17, 15) is 40.1 Å². The Kier molecular flexibility index (Phi) is 11.9. The van der Waals surface area contributed by atoms with Crippen LogP contribution in [0.15, 0.2) is 23.2 Å². The number of ether oxygens (including phenoxy) is 3. The lowest BCUT2D eigenvalue weighted by Crippen LogP contribution is -2.62. The molecule has 0 radical (unpaired) electrons. The van der Waals surface area contributed by atoms with Crippen molar-refractivity contribution in [3.8, 4) is 0 Å². The second kappa shape index (κ2) is 13.9. The smallest absolute Gasteiger partial charge is 0.202 e. The van der Waals surface area contributed by atoms with E-state index < -0.39 is 80.3 Å². The molecule has 2 rings (SSSR count).